The number of fused-ring (bicyclic) bond motifs is 1. The van der Waals surface area contributed by atoms with E-state index in [9.17, 15) is 28.6 Å². The Labute approximate surface area is 127 Å². The van der Waals surface area contributed by atoms with Gasteiger partial charge in [0.1, 0.15) is 5.69 Å². The van der Waals surface area contributed by atoms with Crippen molar-refractivity contribution in [3.8, 4) is 11.4 Å². The van der Waals surface area contributed by atoms with Crippen molar-refractivity contribution in [3.05, 3.63) is 70.0 Å². The lowest BCUT2D eigenvalue weighted by Gasteiger charge is -2.15. The molecule has 0 fully saturated rings. The number of phenolic OH excluding ortho intramolecular Hbond substituents is 1. The van der Waals surface area contributed by atoms with Crippen LogP contribution in [0.4, 0.5) is 8.78 Å². The molecule has 7 heteroatoms. The van der Waals surface area contributed by atoms with Crippen LogP contribution in [0.25, 0.3) is 16.6 Å². The molecule has 1 heterocycles. The molecule has 1 aromatic heterocycles. The summed E-state index contributed by atoms with van der Waals surface area (Å²) in [5.41, 5.74) is -1.61. The molecular formula is C16H9F2NO4. The lowest BCUT2D eigenvalue weighted by atomic mass is 10.1. The summed E-state index contributed by atoms with van der Waals surface area (Å²) < 4.78 is 28.9. The maximum Gasteiger partial charge on any atom is 0.353 e. The molecule has 0 aliphatic rings. The largest absolute Gasteiger partial charge is 0.503 e. The molecule has 0 atom stereocenters. The van der Waals surface area contributed by atoms with E-state index in [4.69, 9.17) is 0 Å². The van der Waals surface area contributed by atoms with Crippen LogP contribution in [0.5, 0.6) is 5.75 Å². The third-order valence-corrected chi connectivity index (χ3v) is 3.40. The van der Waals surface area contributed by atoms with Crippen LogP contribution in [0.1, 0.15) is 10.5 Å². The van der Waals surface area contributed by atoms with Gasteiger partial charge in [0.15, 0.2) is 22.8 Å². The second kappa shape index (κ2) is 5.20. The second-order valence-electron chi connectivity index (χ2n) is 4.79. The highest BCUT2D eigenvalue weighted by atomic mass is 19.1. The van der Waals surface area contributed by atoms with Gasteiger partial charge in [-0.15, -0.1) is 0 Å². The molecule has 0 saturated carbocycles. The minimum absolute atomic E-state index is 0.250. The Kier molecular flexibility index (Phi) is 3.33. The number of phenols is 1. The highest BCUT2D eigenvalue weighted by Crippen LogP contribution is 2.29. The Bertz CT molecular complexity index is 997. The number of pyridine rings is 1. The smallest absolute Gasteiger partial charge is 0.353 e. The van der Waals surface area contributed by atoms with E-state index in [0.717, 1.165) is 10.6 Å². The SMILES string of the molecule is O=C(O)c1cc(=O)c2cc(F)c(O)c(F)c2n1-c1ccccc1. The predicted octanol–water partition coefficient (Wildman–Crippen LogP) is 2.67. The maximum atomic E-state index is 14.4. The average Bonchev–Trinajstić information content (AvgIpc) is 2.54. The summed E-state index contributed by atoms with van der Waals surface area (Å²) in [7, 11) is 0. The fourth-order valence-electron chi connectivity index (χ4n) is 2.39. The van der Waals surface area contributed by atoms with Crippen molar-refractivity contribution < 1.29 is 23.8 Å². The molecule has 0 aliphatic heterocycles. The summed E-state index contributed by atoms with van der Waals surface area (Å²) in [6.07, 6.45) is 0. The number of halogens is 2. The monoisotopic (exact) mass is 317 g/mol. The molecule has 23 heavy (non-hydrogen) atoms. The summed E-state index contributed by atoms with van der Waals surface area (Å²) in [6, 6.07) is 9.31. The van der Waals surface area contributed by atoms with Crippen molar-refractivity contribution in [2.45, 2.75) is 0 Å². The van der Waals surface area contributed by atoms with Gasteiger partial charge in [-0.2, -0.15) is 0 Å². The summed E-state index contributed by atoms with van der Waals surface area (Å²) in [5.74, 6) is -5.43. The topological polar surface area (TPSA) is 79.5 Å². The van der Waals surface area contributed by atoms with E-state index in [1.165, 1.54) is 12.1 Å². The molecular weight excluding hydrogens is 308 g/mol. The first-order chi connectivity index (χ1) is 10.9. The van der Waals surface area contributed by atoms with Crippen molar-refractivity contribution in [3.63, 3.8) is 0 Å². The number of carbonyl (C=O) groups is 1. The average molecular weight is 317 g/mol. The standard InChI is InChI=1S/C16H9F2NO4/c17-10-6-9-12(20)7-11(16(22)23)19(8-4-2-1-3-5-8)14(9)13(18)15(10)21/h1-7,21H,(H,22,23). The van der Waals surface area contributed by atoms with Gasteiger partial charge in [-0.25, -0.2) is 13.6 Å². The number of carboxylic acids is 1. The van der Waals surface area contributed by atoms with Gasteiger partial charge in [-0.1, -0.05) is 18.2 Å². The Morgan fingerprint density at radius 3 is 2.35 bits per heavy atom. The number of carboxylic acid groups (broad SMARTS) is 1. The van der Waals surface area contributed by atoms with E-state index in [2.05, 4.69) is 0 Å². The van der Waals surface area contributed by atoms with Crippen molar-refractivity contribution in [1.82, 2.24) is 4.57 Å². The summed E-state index contributed by atoms with van der Waals surface area (Å²) in [5, 5.41) is 18.4. The van der Waals surface area contributed by atoms with Crippen LogP contribution < -0.4 is 5.43 Å². The second-order valence-corrected chi connectivity index (χ2v) is 4.79. The lowest BCUT2D eigenvalue weighted by Crippen LogP contribution is -2.18. The zero-order valence-corrected chi connectivity index (χ0v) is 11.5. The highest BCUT2D eigenvalue weighted by Gasteiger charge is 2.22. The first kappa shape index (κ1) is 14.7. The number of hydrogen-bond acceptors (Lipinski definition) is 3. The van der Waals surface area contributed by atoms with E-state index in [1.54, 1.807) is 18.2 Å². The van der Waals surface area contributed by atoms with Crippen molar-refractivity contribution in [2.24, 2.45) is 0 Å². The number of benzene rings is 2. The zero-order valence-electron chi connectivity index (χ0n) is 11.5. The Morgan fingerprint density at radius 1 is 1.09 bits per heavy atom. The number of rotatable bonds is 2. The first-order valence-corrected chi connectivity index (χ1v) is 6.47. The van der Waals surface area contributed by atoms with Gasteiger partial charge >= 0.3 is 5.97 Å². The van der Waals surface area contributed by atoms with Crippen LogP contribution in [0.2, 0.25) is 0 Å². The van der Waals surface area contributed by atoms with Gasteiger partial charge in [0.25, 0.3) is 0 Å². The molecule has 3 aromatic rings. The molecule has 0 unspecified atom stereocenters. The Morgan fingerprint density at radius 2 is 1.74 bits per heavy atom. The quantitative estimate of drug-likeness (QED) is 0.761. The van der Waals surface area contributed by atoms with E-state index in [1.807, 2.05) is 0 Å². The number of aromatic hydroxyl groups is 1. The van der Waals surface area contributed by atoms with Gasteiger partial charge in [-0.3, -0.25) is 4.79 Å². The predicted molar refractivity (Wildman–Crippen MR) is 78.1 cm³/mol. The summed E-state index contributed by atoms with van der Waals surface area (Å²) >= 11 is 0. The number of aromatic nitrogens is 1. The molecule has 0 aliphatic carbocycles. The first-order valence-electron chi connectivity index (χ1n) is 6.47. The molecule has 0 saturated heterocycles. The molecule has 0 spiro atoms. The van der Waals surface area contributed by atoms with Crippen LogP contribution in [0, 0.1) is 11.6 Å². The highest BCUT2D eigenvalue weighted by molar-refractivity contribution is 5.92. The fourth-order valence-corrected chi connectivity index (χ4v) is 2.39. The van der Waals surface area contributed by atoms with Gasteiger partial charge in [0, 0.05) is 11.8 Å². The number of para-hydroxylation sites is 1. The molecule has 3 rings (SSSR count). The molecule has 5 nitrogen and oxygen atoms in total. The van der Waals surface area contributed by atoms with Gasteiger partial charge in [-0.05, 0) is 18.2 Å². The fraction of sp³-hybridized carbons (Fsp3) is 0. The van der Waals surface area contributed by atoms with Crippen LogP contribution in [-0.4, -0.2) is 20.7 Å². The number of aromatic carboxylic acids is 1. The van der Waals surface area contributed by atoms with Crippen molar-refractivity contribution >= 4 is 16.9 Å². The van der Waals surface area contributed by atoms with Crippen LogP contribution in [-0.2, 0) is 0 Å². The zero-order chi connectivity index (χ0) is 16.7. The van der Waals surface area contributed by atoms with Crippen molar-refractivity contribution in [1.29, 1.82) is 0 Å². The van der Waals surface area contributed by atoms with Crippen LogP contribution in [0.15, 0.2) is 47.3 Å². The molecule has 2 N–H and O–H groups in total. The van der Waals surface area contributed by atoms with Gasteiger partial charge in [0.05, 0.1) is 10.9 Å². The summed E-state index contributed by atoms with van der Waals surface area (Å²) in [4.78, 5) is 23.4. The molecule has 0 radical (unpaired) electrons. The normalized spacial score (nSPS) is 10.9. The third kappa shape index (κ3) is 2.22. The lowest BCUT2D eigenvalue weighted by molar-refractivity contribution is 0.0687. The van der Waals surface area contributed by atoms with E-state index in [-0.39, 0.29) is 11.1 Å². The Balaban J connectivity index is 2.61. The molecule has 0 bridgehead atoms. The minimum atomic E-state index is -1.46. The van der Waals surface area contributed by atoms with E-state index >= 15 is 0 Å². The Hall–Kier alpha value is -3.22. The van der Waals surface area contributed by atoms with Crippen molar-refractivity contribution in [2.75, 3.05) is 0 Å². The molecule has 2 aromatic carbocycles. The van der Waals surface area contributed by atoms with E-state index in [0.29, 0.717) is 6.07 Å². The number of hydrogen-bond donors (Lipinski definition) is 2. The molecule has 0 amide bonds. The summed E-state index contributed by atoms with van der Waals surface area (Å²) in [6.45, 7) is 0. The third-order valence-electron chi connectivity index (χ3n) is 3.40. The maximum absolute atomic E-state index is 14.4. The van der Waals surface area contributed by atoms with E-state index < -0.39 is 40.0 Å². The molecule has 116 valence electrons. The van der Waals surface area contributed by atoms with Crippen LogP contribution >= 0.6 is 0 Å². The van der Waals surface area contributed by atoms with Crippen LogP contribution in [0.3, 0.4) is 0 Å². The van der Waals surface area contributed by atoms with Gasteiger partial charge in [0.2, 0.25) is 0 Å². The number of nitrogens with zero attached hydrogens (tertiary/aromatic N) is 1. The van der Waals surface area contributed by atoms with Gasteiger partial charge < -0.3 is 14.8 Å². The minimum Gasteiger partial charge on any atom is -0.503 e.